The molecule has 1 saturated carbocycles. The summed E-state index contributed by atoms with van der Waals surface area (Å²) >= 11 is 1.78. The molecule has 3 N–H and O–H groups in total. The predicted molar refractivity (Wildman–Crippen MR) is 103 cm³/mol. The summed E-state index contributed by atoms with van der Waals surface area (Å²) in [4.78, 5) is 17.9. The maximum atomic E-state index is 13.7. The third-order valence-electron chi connectivity index (χ3n) is 5.05. The number of nitrogens with two attached hydrogens (primary N) is 1. The first-order valence-electron chi connectivity index (χ1n) is 9.24. The highest BCUT2D eigenvalue weighted by atomic mass is 32.2. The molecule has 1 aliphatic heterocycles. The van der Waals surface area contributed by atoms with Crippen LogP contribution >= 0.6 is 11.8 Å². The molecule has 2 aliphatic rings. The SMILES string of the molecule is NC1CCC(NC(=O)c2cc(F)cnc2Oc2ccc3c(c2)SCC3)CC1. The molecule has 0 unspecified atom stereocenters. The van der Waals surface area contributed by atoms with Gasteiger partial charge in [-0.2, -0.15) is 0 Å². The van der Waals surface area contributed by atoms with Gasteiger partial charge < -0.3 is 15.8 Å². The second-order valence-corrected chi connectivity index (χ2v) is 8.20. The lowest BCUT2D eigenvalue weighted by atomic mass is 9.91. The van der Waals surface area contributed by atoms with Crippen LogP contribution in [-0.4, -0.2) is 28.7 Å². The van der Waals surface area contributed by atoms with Crippen LogP contribution in [-0.2, 0) is 6.42 Å². The fourth-order valence-electron chi connectivity index (χ4n) is 3.52. The summed E-state index contributed by atoms with van der Waals surface area (Å²) < 4.78 is 19.6. The van der Waals surface area contributed by atoms with Crippen molar-refractivity contribution in [2.45, 2.75) is 49.1 Å². The van der Waals surface area contributed by atoms with Gasteiger partial charge in [-0.3, -0.25) is 4.79 Å². The van der Waals surface area contributed by atoms with Gasteiger partial charge in [-0.1, -0.05) is 6.07 Å². The van der Waals surface area contributed by atoms with E-state index < -0.39 is 5.82 Å². The van der Waals surface area contributed by atoms with Crippen LogP contribution in [0.15, 0.2) is 35.4 Å². The van der Waals surface area contributed by atoms with Gasteiger partial charge in [-0.25, -0.2) is 9.37 Å². The number of halogens is 1. The summed E-state index contributed by atoms with van der Waals surface area (Å²) in [5, 5.41) is 2.97. The molecular weight excluding hydrogens is 365 g/mol. The van der Waals surface area contributed by atoms with E-state index in [0.29, 0.717) is 5.75 Å². The molecule has 1 aromatic carbocycles. The summed E-state index contributed by atoms with van der Waals surface area (Å²) in [5.74, 6) is 0.840. The Morgan fingerprint density at radius 1 is 1.26 bits per heavy atom. The summed E-state index contributed by atoms with van der Waals surface area (Å²) in [6, 6.07) is 7.26. The molecule has 27 heavy (non-hydrogen) atoms. The van der Waals surface area contributed by atoms with Gasteiger partial charge in [-0.15, -0.1) is 11.8 Å². The minimum atomic E-state index is -0.567. The van der Waals surface area contributed by atoms with Crippen LogP contribution in [0.2, 0.25) is 0 Å². The van der Waals surface area contributed by atoms with Crippen molar-refractivity contribution < 1.29 is 13.9 Å². The number of thioether (sulfide) groups is 1. The fraction of sp³-hybridized carbons (Fsp3) is 0.400. The molecule has 2 aromatic rings. The van der Waals surface area contributed by atoms with E-state index in [1.54, 1.807) is 11.8 Å². The lowest BCUT2D eigenvalue weighted by Gasteiger charge is -2.27. The lowest BCUT2D eigenvalue weighted by molar-refractivity contribution is 0.0922. The number of pyridine rings is 1. The van der Waals surface area contributed by atoms with Crippen LogP contribution < -0.4 is 15.8 Å². The first-order valence-corrected chi connectivity index (χ1v) is 10.2. The van der Waals surface area contributed by atoms with E-state index in [1.165, 1.54) is 16.5 Å². The molecule has 4 rings (SSSR count). The van der Waals surface area contributed by atoms with E-state index in [1.807, 2.05) is 18.2 Å². The molecule has 2 heterocycles. The van der Waals surface area contributed by atoms with Crippen LogP contribution in [0.4, 0.5) is 4.39 Å². The van der Waals surface area contributed by atoms with E-state index in [2.05, 4.69) is 10.3 Å². The van der Waals surface area contributed by atoms with Gasteiger partial charge >= 0.3 is 0 Å². The molecule has 1 fully saturated rings. The average Bonchev–Trinajstić information content (AvgIpc) is 3.13. The molecule has 1 aliphatic carbocycles. The van der Waals surface area contributed by atoms with Crippen molar-refractivity contribution in [2.75, 3.05) is 5.75 Å². The van der Waals surface area contributed by atoms with E-state index in [4.69, 9.17) is 10.5 Å². The minimum absolute atomic E-state index is 0.0461. The number of amides is 1. The normalized spacial score (nSPS) is 21.6. The smallest absolute Gasteiger partial charge is 0.257 e. The van der Waals surface area contributed by atoms with Crippen molar-refractivity contribution in [1.29, 1.82) is 0 Å². The van der Waals surface area contributed by atoms with Gasteiger partial charge in [0.25, 0.3) is 5.91 Å². The van der Waals surface area contributed by atoms with Crippen LogP contribution in [0.3, 0.4) is 0 Å². The quantitative estimate of drug-likeness (QED) is 0.837. The zero-order valence-corrected chi connectivity index (χ0v) is 15.7. The van der Waals surface area contributed by atoms with Gasteiger partial charge in [0.15, 0.2) is 0 Å². The number of carbonyl (C=O) groups excluding carboxylic acids is 1. The Bertz CT molecular complexity index is 853. The number of rotatable bonds is 4. The third kappa shape index (κ3) is 4.25. The topological polar surface area (TPSA) is 77.2 Å². The van der Waals surface area contributed by atoms with Crippen LogP contribution in [0, 0.1) is 5.82 Å². The molecule has 1 aromatic heterocycles. The van der Waals surface area contributed by atoms with Crippen molar-refractivity contribution in [2.24, 2.45) is 5.73 Å². The number of aryl methyl sites for hydroxylation is 1. The maximum Gasteiger partial charge on any atom is 0.257 e. The molecule has 0 bridgehead atoms. The second kappa shape index (κ2) is 7.86. The number of benzene rings is 1. The van der Waals surface area contributed by atoms with E-state index in [9.17, 15) is 9.18 Å². The Morgan fingerprint density at radius 2 is 2.07 bits per heavy atom. The minimum Gasteiger partial charge on any atom is -0.438 e. The number of ether oxygens (including phenoxy) is 1. The Hall–Kier alpha value is -2.12. The zero-order chi connectivity index (χ0) is 18.8. The Morgan fingerprint density at radius 3 is 2.89 bits per heavy atom. The summed E-state index contributed by atoms with van der Waals surface area (Å²) in [7, 11) is 0. The molecule has 7 heteroatoms. The van der Waals surface area contributed by atoms with Gasteiger partial charge in [0.1, 0.15) is 17.1 Å². The number of carbonyl (C=O) groups is 1. The molecule has 0 atom stereocenters. The van der Waals surface area contributed by atoms with E-state index in [-0.39, 0.29) is 29.4 Å². The predicted octanol–water partition coefficient (Wildman–Crippen LogP) is 3.66. The molecule has 1 amide bonds. The Balaban J connectivity index is 1.52. The van der Waals surface area contributed by atoms with Crippen LogP contribution in [0.1, 0.15) is 41.6 Å². The first-order chi connectivity index (χ1) is 13.1. The average molecular weight is 387 g/mol. The number of aromatic nitrogens is 1. The second-order valence-electron chi connectivity index (χ2n) is 7.06. The van der Waals surface area contributed by atoms with E-state index >= 15 is 0 Å². The largest absolute Gasteiger partial charge is 0.438 e. The number of hydrogen-bond donors (Lipinski definition) is 2. The number of nitrogens with zero attached hydrogens (tertiary/aromatic N) is 1. The summed E-state index contributed by atoms with van der Waals surface area (Å²) in [5.41, 5.74) is 7.32. The molecular formula is C20H22FN3O2S. The first kappa shape index (κ1) is 18.3. The number of hydrogen-bond acceptors (Lipinski definition) is 5. The van der Waals surface area contributed by atoms with Gasteiger partial charge in [-0.05, 0) is 55.9 Å². The van der Waals surface area contributed by atoms with Gasteiger partial charge in [0.2, 0.25) is 5.88 Å². The van der Waals surface area contributed by atoms with Crippen LogP contribution in [0.25, 0.3) is 0 Å². The highest BCUT2D eigenvalue weighted by Gasteiger charge is 2.23. The molecule has 0 radical (unpaired) electrons. The molecule has 142 valence electrons. The summed E-state index contributed by atoms with van der Waals surface area (Å²) in [6.07, 6.45) is 5.52. The fourth-order valence-corrected chi connectivity index (χ4v) is 4.62. The number of nitrogens with one attached hydrogen (secondary N) is 1. The van der Waals surface area contributed by atoms with Crippen molar-refractivity contribution in [1.82, 2.24) is 10.3 Å². The van der Waals surface area contributed by atoms with Crippen LogP contribution in [0.5, 0.6) is 11.6 Å². The molecule has 5 nitrogen and oxygen atoms in total. The van der Waals surface area contributed by atoms with Crippen molar-refractivity contribution in [3.63, 3.8) is 0 Å². The van der Waals surface area contributed by atoms with Gasteiger partial charge in [0.05, 0.1) is 6.20 Å². The highest BCUT2D eigenvalue weighted by molar-refractivity contribution is 7.99. The molecule has 0 spiro atoms. The Labute approximate surface area is 161 Å². The zero-order valence-electron chi connectivity index (χ0n) is 14.9. The Kier molecular flexibility index (Phi) is 5.31. The monoisotopic (exact) mass is 387 g/mol. The highest BCUT2D eigenvalue weighted by Crippen LogP contribution is 2.35. The van der Waals surface area contributed by atoms with Crippen molar-refractivity contribution >= 4 is 17.7 Å². The third-order valence-corrected chi connectivity index (χ3v) is 6.15. The summed E-state index contributed by atoms with van der Waals surface area (Å²) in [6.45, 7) is 0. The van der Waals surface area contributed by atoms with E-state index in [0.717, 1.165) is 44.1 Å². The number of fused-ring (bicyclic) bond motifs is 1. The maximum absolute atomic E-state index is 13.7. The van der Waals surface area contributed by atoms with Gasteiger partial charge in [0, 0.05) is 22.7 Å². The lowest BCUT2D eigenvalue weighted by Crippen LogP contribution is -2.40. The van der Waals surface area contributed by atoms with Crippen molar-refractivity contribution in [3.8, 4) is 11.6 Å². The standard InChI is InChI=1S/C20H22FN3O2S/c21-13-9-17(19(25)24-15-4-2-14(22)3-5-15)20(23-11-13)26-16-6-1-12-7-8-27-18(12)10-16/h1,6,9-11,14-15H,2-5,7-8,22H2,(H,24,25). The molecule has 0 saturated heterocycles. The van der Waals surface area contributed by atoms with Crippen molar-refractivity contribution in [3.05, 3.63) is 47.4 Å².